The van der Waals surface area contributed by atoms with Gasteiger partial charge in [0.25, 0.3) is 5.91 Å². The molecule has 228 valence electrons. The minimum Gasteiger partial charge on any atom is -0.490 e. The van der Waals surface area contributed by atoms with Crippen LogP contribution in [0.1, 0.15) is 44.3 Å². The highest BCUT2D eigenvalue weighted by Gasteiger charge is 2.12. The first-order chi connectivity index (χ1) is 21.8. The number of anilines is 2. The molecule has 0 bridgehead atoms. The number of nitrogens with zero attached hydrogens (tertiary/aromatic N) is 2. The number of hydrogen-bond acceptors (Lipinski definition) is 8. The van der Waals surface area contributed by atoms with Crippen LogP contribution in [0.2, 0.25) is 0 Å². The van der Waals surface area contributed by atoms with Gasteiger partial charge in [0.15, 0.2) is 16.6 Å². The summed E-state index contributed by atoms with van der Waals surface area (Å²) < 4.78 is 12.4. The van der Waals surface area contributed by atoms with Gasteiger partial charge in [-0.2, -0.15) is 5.10 Å². The summed E-state index contributed by atoms with van der Waals surface area (Å²) in [4.78, 5) is 28.5. The minimum absolute atomic E-state index is 0.209. The van der Waals surface area contributed by atoms with Crippen molar-refractivity contribution >= 4 is 56.2 Å². The lowest BCUT2D eigenvalue weighted by atomic mass is 10.1. The van der Waals surface area contributed by atoms with Gasteiger partial charge in [-0.3, -0.25) is 4.79 Å². The zero-order chi connectivity index (χ0) is 31.8. The predicted octanol–water partition coefficient (Wildman–Crippen LogP) is 8.06. The third-order valence-electron chi connectivity index (χ3n) is 6.58. The average molecular weight is 686 g/mol. The second-order valence-electron chi connectivity index (χ2n) is 9.85. The van der Waals surface area contributed by atoms with Crippen LogP contribution < -0.4 is 20.2 Å². The van der Waals surface area contributed by atoms with E-state index in [0.29, 0.717) is 33.7 Å². The molecule has 9 nitrogen and oxygen atoms in total. The Kier molecular flexibility index (Phi) is 10.2. The quantitative estimate of drug-likeness (QED) is 0.0897. The van der Waals surface area contributed by atoms with Crippen LogP contribution in [0.3, 0.4) is 0 Å². The number of hydrogen-bond donors (Lipinski definition) is 3. The van der Waals surface area contributed by atoms with Gasteiger partial charge in [0.05, 0.1) is 24.1 Å². The maximum Gasteiger partial charge on any atom is 0.335 e. The summed E-state index contributed by atoms with van der Waals surface area (Å²) in [6.07, 6.45) is 1.52. The van der Waals surface area contributed by atoms with E-state index < -0.39 is 5.97 Å². The van der Waals surface area contributed by atoms with Crippen molar-refractivity contribution in [2.75, 3.05) is 11.9 Å². The smallest absolute Gasteiger partial charge is 0.335 e. The van der Waals surface area contributed by atoms with E-state index in [9.17, 15) is 9.59 Å². The molecule has 1 heterocycles. The van der Waals surface area contributed by atoms with Gasteiger partial charge >= 0.3 is 5.97 Å². The summed E-state index contributed by atoms with van der Waals surface area (Å²) in [5.41, 5.74) is 8.60. The summed E-state index contributed by atoms with van der Waals surface area (Å²) in [7, 11) is 0. The predicted molar refractivity (Wildman–Crippen MR) is 180 cm³/mol. The first kappa shape index (κ1) is 31.4. The Morgan fingerprint density at radius 3 is 2.33 bits per heavy atom. The number of ether oxygens (including phenoxy) is 2. The van der Waals surface area contributed by atoms with Crippen LogP contribution in [-0.2, 0) is 6.61 Å². The number of hydrazone groups is 1. The van der Waals surface area contributed by atoms with Crippen molar-refractivity contribution in [1.29, 1.82) is 0 Å². The van der Waals surface area contributed by atoms with Gasteiger partial charge in [-0.1, -0.05) is 42.0 Å². The average Bonchev–Trinajstić information content (AvgIpc) is 3.51. The maximum absolute atomic E-state index is 12.8. The molecule has 0 spiro atoms. The van der Waals surface area contributed by atoms with E-state index >= 15 is 0 Å². The fourth-order valence-corrected chi connectivity index (χ4v) is 5.34. The standard InChI is InChI=1S/C34H29BrN4O5S/c1-3-43-30-16-26(28(35)17-31(30)44-19-22-6-8-25(9-7-22)33(41)42)18-36-39-32(40)24-12-10-23(11-13-24)29-20-45-34(38-29)37-27-14-4-21(2)5-15-27/h4-18,20H,3,19H2,1-2H3,(H,37,38)(H,39,40)(H,41,42)/b36-18-. The number of rotatable bonds is 12. The number of amides is 1. The van der Waals surface area contributed by atoms with E-state index in [4.69, 9.17) is 14.6 Å². The molecule has 5 aromatic rings. The fraction of sp³-hybridized carbons (Fsp3) is 0.118. The van der Waals surface area contributed by atoms with Gasteiger partial charge in [0.1, 0.15) is 6.61 Å². The molecule has 0 aliphatic carbocycles. The van der Waals surface area contributed by atoms with E-state index in [0.717, 1.165) is 27.6 Å². The fourth-order valence-electron chi connectivity index (χ4n) is 4.18. The van der Waals surface area contributed by atoms with Crippen molar-refractivity contribution in [2.24, 2.45) is 5.10 Å². The first-order valence-electron chi connectivity index (χ1n) is 13.9. The van der Waals surface area contributed by atoms with Crippen LogP contribution in [0.15, 0.2) is 99.9 Å². The van der Waals surface area contributed by atoms with E-state index in [1.807, 2.05) is 55.6 Å². The van der Waals surface area contributed by atoms with Crippen LogP contribution >= 0.6 is 27.3 Å². The molecule has 0 atom stereocenters. The normalized spacial score (nSPS) is 10.9. The molecule has 0 saturated heterocycles. The monoisotopic (exact) mass is 684 g/mol. The number of aromatic carboxylic acids is 1. The number of carbonyl (C=O) groups excluding carboxylic acids is 1. The first-order valence-corrected chi connectivity index (χ1v) is 15.6. The minimum atomic E-state index is -0.982. The molecule has 0 unspecified atom stereocenters. The molecule has 1 aromatic heterocycles. The highest BCUT2D eigenvalue weighted by molar-refractivity contribution is 9.10. The van der Waals surface area contributed by atoms with Crippen LogP contribution in [-0.4, -0.2) is 34.8 Å². The zero-order valence-corrected chi connectivity index (χ0v) is 26.8. The van der Waals surface area contributed by atoms with E-state index in [1.165, 1.54) is 35.2 Å². The molecule has 4 aromatic carbocycles. The van der Waals surface area contributed by atoms with Gasteiger partial charge in [-0.15, -0.1) is 11.3 Å². The van der Waals surface area contributed by atoms with Crippen molar-refractivity contribution in [2.45, 2.75) is 20.5 Å². The summed E-state index contributed by atoms with van der Waals surface area (Å²) in [6, 6.07) is 25.3. The van der Waals surface area contributed by atoms with Crippen molar-refractivity contribution in [3.05, 3.63) is 123 Å². The summed E-state index contributed by atoms with van der Waals surface area (Å²) >= 11 is 5.05. The maximum atomic E-state index is 12.8. The van der Waals surface area contributed by atoms with E-state index in [2.05, 4.69) is 36.8 Å². The third-order valence-corrected chi connectivity index (χ3v) is 8.02. The SMILES string of the molecule is CCOc1cc(/C=N\NC(=O)c2ccc(-c3csc(Nc4ccc(C)cc4)n3)cc2)c(Br)cc1OCc1ccc(C(=O)O)cc1. The molecular weight excluding hydrogens is 656 g/mol. The zero-order valence-electron chi connectivity index (χ0n) is 24.4. The van der Waals surface area contributed by atoms with E-state index in [-0.39, 0.29) is 18.1 Å². The molecule has 5 rings (SSSR count). The molecule has 0 radical (unpaired) electrons. The number of benzene rings is 4. The lowest BCUT2D eigenvalue weighted by Crippen LogP contribution is -2.17. The van der Waals surface area contributed by atoms with Crippen molar-refractivity contribution < 1.29 is 24.2 Å². The molecule has 1 amide bonds. The molecule has 3 N–H and O–H groups in total. The van der Waals surface area contributed by atoms with Gasteiger partial charge in [-0.05, 0) is 83.9 Å². The molecule has 45 heavy (non-hydrogen) atoms. The van der Waals surface area contributed by atoms with Crippen molar-refractivity contribution in [3.63, 3.8) is 0 Å². The molecular formula is C34H29BrN4O5S. The number of aromatic nitrogens is 1. The van der Waals surface area contributed by atoms with E-state index in [1.54, 1.807) is 36.4 Å². The lowest BCUT2D eigenvalue weighted by molar-refractivity contribution is 0.0696. The molecule has 0 saturated carbocycles. The summed E-state index contributed by atoms with van der Waals surface area (Å²) in [5.74, 6) is -0.326. The number of aryl methyl sites for hydroxylation is 1. The van der Waals surface area contributed by atoms with Crippen LogP contribution in [0.5, 0.6) is 11.5 Å². The number of nitrogens with one attached hydrogen (secondary N) is 2. The topological polar surface area (TPSA) is 122 Å². The highest BCUT2D eigenvalue weighted by Crippen LogP contribution is 2.34. The van der Waals surface area contributed by atoms with Gasteiger partial charge in [0, 0.05) is 32.2 Å². The number of carbonyl (C=O) groups is 2. The Labute approximate surface area is 272 Å². The van der Waals surface area contributed by atoms with Gasteiger partial charge in [-0.25, -0.2) is 15.2 Å². The Morgan fingerprint density at radius 2 is 1.64 bits per heavy atom. The second-order valence-corrected chi connectivity index (χ2v) is 11.6. The Morgan fingerprint density at radius 1 is 0.956 bits per heavy atom. The second kappa shape index (κ2) is 14.7. The largest absolute Gasteiger partial charge is 0.490 e. The van der Waals surface area contributed by atoms with Crippen LogP contribution in [0, 0.1) is 6.92 Å². The van der Waals surface area contributed by atoms with Gasteiger partial charge in [0.2, 0.25) is 0 Å². The number of halogens is 1. The van der Waals surface area contributed by atoms with Crippen molar-refractivity contribution in [3.8, 4) is 22.8 Å². The Balaban J connectivity index is 1.19. The Hall–Kier alpha value is -5.00. The lowest BCUT2D eigenvalue weighted by Gasteiger charge is -2.14. The van der Waals surface area contributed by atoms with Crippen LogP contribution in [0.4, 0.5) is 10.8 Å². The van der Waals surface area contributed by atoms with Crippen LogP contribution in [0.25, 0.3) is 11.3 Å². The number of carboxylic acids is 1. The van der Waals surface area contributed by atoms with Crippen molar-refractivity contribution in [1.82, 2.24) is 10.4 Å². The molecule has 0 aliphatic rings. The molecule has 11 heteroatoms. The third kappa shape index (κ3) is 8.34. The summed E-state index contributed by atoms with van der Waals surface area (Å²) in [6.45, 7) is 4.56. The number of carboxylic acid groups (broad SMARTS) is 1. The van der Waals surface area contributed by atoms with Gasteiger partial charge < -0.3 is 19.9 Å². The Bertz CT molecular complexity index is 1820. The number of thiazole rings is 1. The summed E-state index contributed by atoms with van der Waals surface area (Å²) in [5, 5.41) is 19.3. The molecule has 0 aliphatic heterocycles. The highest BCUT2D eigenvalue weighted by atomic mass is 79.9. The molecule has 0 fully saturated rings.